The molecule has 2 aromatic rings. The molecular weight excluding hydrogens is 171 g/mol. The average molecular weight is 176 g/mol. The lowest BCUT2D eigenvalue weighted by atomic mass is 10.2. The molecule has 5 heteroatoms. The van der Waals surface area contributed by atoms with Gasteiger partial charge in [-0.3, -0.25) is 4.98 Å². The number of pyridine rings is 1. The molecule has 0 aliphatic heterocycles. The molecule has 4 nitrogen and oxygen atoms in total. The van der Waals surface area contributed by atoms with Crippen molar-refractivity contribution in [2.45, 2.75) is 0 Å². The summed E-state index contributed by atoms with van der Waals surface area (Å²) < 4.78 is 12.5. The molecule has 2 heterocycles. The molecule has 0 saturated heterocycles. The van der Waals surface area contributed by atoms with Gasteiger partial charge in [-0.2, -0.15) is 14.5 Å². The Hall–Kier alpha value is -1.91. The largest absolute Gasteiger partial charge is 0.327 e. The van der Waals surface area contributed by atoms with E-state index in [9.17, 15) is 4.39 Å². The van der Waals surface area contributed by atoms with Crippen LogP contribution in [0.2, 0.25) is 0 Å². The fraction of sp³-hybridized carbons (Fsp3) is 0. The molecule has 0 aromatic carbocycles. The van der Waals surface area contributed by atoms with E-state index in [0.717, 1.165) is 5.56 Å². The van der Waals surface area contributed by atoms with Crippen molar-refractivity contribution < 1.29 is 4.39 Å². The number of rotatable bonds is 1. The first-order valence-corrected chi connectivity index (χ1v) is 3.62. The lowest BCUT2D eigenvalue weighted by Gasteiger charge is -1.96. The van der Waals surface area contributed by atoms with Crippen molar-refractivity contribution in [2.24, 2.45) is 0 Å². The summed E-state index contributed by atoms with van der Waals surface area (Å²) in [7, 11) is 0. The lowest BCUT2D eigenvalue weighted by Crippen LogP contribution is -1.94. The van der Waals surface area contributed by atoms with Gasteiger partial charge in [0.25, 0.3) is 0 Å². The van der Waals surface area contributed by atoms with Gasteiger partial charge in [0, 0.05) is 18.0 Å². The van der Waals surface area contributed by atoms with Crippen LogP contribution < -0.4 is 0 Å². The maximum Gasteiger partial charge on any atom is 0.327 e. The summed E-state index contributed by atoms with van der Waals surface area (Å²) >= 11 is 0. The average Bonchev–Trinajstić information content (AvgIpc) is 2.19. The Labute approximate surface area is 73.5 Å². The molecule has 13 heavy (non-hydrogen) atoms. The Kier molecular flexibility index (Phi) is 1.91. The molecule has 0 saturated carbocycles. The molecule has 0 aliphatic carbocycles. The lowest BCUT2D eigenvalue weighted by molar-refractivity contribution is 0.520. The Balaban J connectivity index is 2.48. The molecule has 0 bridgehead atoms. The van der Waals surface area contributed by atoms with Crippen LogP contribution in [0.15, 0.2) is 30.7 Å². The normalized spacial score (nSPS) is 9.92. The third-order valence-electron chi connectivity index (χ3n) is 1.49. The van der Waals surface area contributed by atoms with Crippen molar-refractivity contribution in [1.82, 2.24) is 20.2 Å². The summed E-state index contributed by atoms with van der Waals surface area (Å²) in [5.41, 5.74) is 1.15. The highest BCUT2D eigenvalue weighted by Crippen LogP contribution is 2.12. The van der Waals surface area contributed by atoms with E-state index >= 15 is 0 Å². The number of hydrogen-bond donors (Lipinski definition) is 0. The molecule has 0 spiro atoms. The standard InChI is InChI=1S/C8H5FN4/c9-8-12-7(5-11-13-8)6-2-1-3-10-4-6/h1-5H. The van der Waals surface area contributed by atoms with Crippen molar-refractivity contribution >= 4 is 0 Å². The molecule has 0 atom stereocenters. The van der Waals surface area contributed by atoms with E-state index in [1.807, 2.05) is 0 Å². The molecular formula is C8H5FN4. The quantitative estimate of drug-likeness (QED) is 0.652. The van der Waals surface area contributed by atoms with Gasteiger partial charge in [-0.1, -0.05) is 5.10 Å². The summed E-state index contributed by atoms with van der Waals surface area (Å²) in [5, 5.41) is 6.56. The van der Waals surface area contributed by atoms with E-state index in [1.165, 1.54) is 6.20 Å². The van der Waals surface area contributed by atoms with Crippen LogP contribution in [0.5, 0.6) is 0 Å². The minimum Gasteiger partial charge on any atom is -0.264 e. The monoisotopic (exact) mass is 176 g/mol. The van der Waals surface area contributed by atoms with E-state index in [1.54, 1.807) is 24.5 Å². The third kappa shape index (κ3) is 1.64. The fourth-order valence-electron chi connectivity index (χ4n) is 0.935. The first kappa shape index (κ1) is 7.72. The molecule has 64 valence electrons. The van der Waals surface area contributed by atoms with Gasteiger partial charge in [-0.05, 0) is 12.1 Å². The molecule has 0 radical (unpaired) electrons. The van der Waals surface area contributed by atoms with Gasteiger partial charge in [-0.25, -0.2) is 0 Å². The highest BCUT2D eigenvalue weighted by Gasteiger charge is 2.01. The molecule has 0 unspecified atom stereocenters. The molecule has 2 aromatic heterocycles. The minimum atomic E-state index is -0.832. The van der Waals surface area contributed by atoms with Crippen LogP contribution in [0.3, 0.4) is 0 Å². The van der Waals surface area contributed by atoms with E-state index in [2.05, 4.69) is 20.2 Å². The number of hydrogen-bond acceptors (Lipinski definition) is 4. The van der Waals surface area contributed by atoms with Crippen molar-refractivity contribution in [3.8, 4) is 11.3 Å². The van der Waals surface area contributed by atoms with Gasteiger partial charge in [0.2, 0.25) is 0 Å². The maximum absolute atomic E-state index is 12.5. The maximum atomic E-state index is 12.5. The van der Waals surface area contributed by atoms with Gasteiger partial charge >= 0.3 is 6.08 Å². The van der Waals surface area contributed by atoms with Crippen LogP contribution >= 0.6 is 0 Å². The molecule has 0 fully saturated rings. The van der Waals surface area contributed by atoms with Crippen LogP contribution in [-0.4, -0.2) is 20.2 Å². The topological polar surface area (TPSA) is 51.6 Å². The van der Waals surface area contributed by atoms with E-state index in [0.29, 0.717) is 5.69 Å². The van der Waals surface area contributed by atoms with Gasteiger partial charge in [0.1, 0.15) is 0 Å². The van der Waals surface area contributed by atoms with Gasteiger partial charge in [0.15, 0.2) is 0 Å². The van der Waals surface area contributed by atoms with Crippen LogP contribution in [-0.2, 0) is 0 Å². The first-order valence-electron chi connectivity index (χ1n) is 3.62. The zero-order valence-electron chi connectivity index (χ0n) is 6.55. The van der Waals surface area contributed by atoms with Crippen molar-refractivity contribution in [2.75, 3.05) is 0 Å². The second-order valence-corrected chi connectivity index (χ2v) is 2.35. The molecule has 0 amide bonds. The summed E-state index contributed by atoms with van der Waals surface area (Å²) in [4.78, 5) is 7.44. The first-order chi connectivity index (χ1) is 6.36. The number of aromatic nitrogens is 4. The highest BCUT2D eigenvalue weighted by molar-refractivity contribution is 5.55. The third-order valence-corrected chi connectivity index (χ3v) is 1.49. The van der Waals surface area contributed by atoms with Crippen molar-refractivity contribution in [1.29, 1.82) is 0 Å². The summed E-state index contributed by atoms with van der Waals surface area (Å²) in [6, 6.07) is 3.52. The summed E-state index contributed by atoms with van der Waals surface area (Å²) in [6.45, 7) is 0. The number of nitrogens with zero attached hydrogens (tertiary/aromatic N) is 4. The summed E-state index contributed by atoms with van der Waals surface area (Å²) in [5.74, 6) is 0. The highest BCUT2D eigenvalue weighted by atomic mass is 19.1. The zero-order valence-corrected chi connectivity index (χ0v) is 6.55. The summed E-state index contributed by atoms with van der Waals surface area (Å²) in [6.07, 6.45) is 3.78. The predicted molar refractivity (Wildman–Crippen MR) is 43.0 cm³/mol. The van der Waals surface area contributed by atoms with Crippen LogP contribution in [0.4, 0.5) is 4.39 Å². The van der Waals surface area contributed by atoms with Crippen LogP contribution in [0.1, 0.15) is 0 Å². The Bertz CT molecular complexity index is 404. The van der Waals surface area contributed by atoms with Crippen LogP contribution in [0.25, 0.3) is 11.3 Å². The van der Waals surface area contributed by atoms with E-state index in [-0.39, 0.29) is 0 Å². The van der Waals surface area contributed by atoms with Gasteiger partial charge in [-0.15, -0.1) is 0 Å². The minimum absolute atomic E-state index is 0.431. The second-order valence-electron chi connectivity index (χ2n) is 2.35. The number of halogens is 1. The molecule has 0 N–H and O–H groups in total. The van der Waals surface area contributed by atoms with Crippen LogP contribution in [0, 0.1) is 6.08 Å². The van der Waals surface area contributed by atoms with E-state index in [4.69, 9.17) is 0 Å². The van der Waals surface area contributed by atoms with Crippen molar-refractivity contribution in [3.63, 3.8) is 0 Å². The van der Waals surface area contributed by atoms with E-state index < -0.39 is 6.08 Å². The SMILES string of the molecule is Fc1nncc(-c2cccnc2)n1. The van der Waals surface area contributed by atoms with Crippen molar-refractivity contribution in [3.05, 3.63) is 36.8 Å². The van der Waals surface area contributed by atoms with Gasteiger partial charge < -0.3 is 0 Å². The Morgan fingerprint density at radius 2 is 2.15 bits per heavy atom. The molecule has 2 rings (SSSR count). The van der Waals surface area contributed by atoms with Gasteiger partial charge in [0.05, 0.1) is 11.9 Å². The smallest absolute Gasteiger partial charge is 0.264 e. The fourth-order valence-corrected chi connectivity index (χ4v) is 0.935. The Morgan fingerprint density at radius 1 is 1.23 bits per heavy atom. The predicted octanol–water partition coefficient (Wildman–Crippen LogP) is 1.07. The Morgan fingerprint density at radius 3 is 2.85 bits per heavy atom. The zero-order chi connectivity index (χ0) is 9.10. The molecule has 0 aliphatic rings. The second kappa shape index (κ2) is 3.22.